The van der Waals surface area contributed by atoms with Gasteiger partial charge in [-0.3, -0.25) is 4.79 Å². The summed E-state index contributed by atoms with van der Waals surface area (Å²) in [6, 6.07) is 21.0. The molecule has 1 saturated heterocycles. The molecule has 1 aliphatic rings. The Bertz CT molecular complexity index is 1040. The van der Waals surface area contributed by atoms with Crippen LogP contribution in [0.5, 0.6) is 5.75 Å². The summed E-state index contributed by atoms with van der Waals surface area (Å²) in [5.41, 5.74) is 1.97. The first-order chi connectivity index (χ1) is 13.2. The summed E-state index contributed by atoms with van der Waals surface area (Å²) >= 11 is 1.40. The zero-order chi connectivity index (χ0) is 18.6. The van der Waals surface area contributed by atoms with E-state index in [-0.39, 0.29) is 16.9 Å². The lowest BCUT2D eigenvalue weighted by molar-refractivity contribution is -0.118. The van der Waals surface area contributed by atoms with Gasteiger partial charge in [0.15, 0.2) is 5.17 Å². The number of carbonyl (C=O) groups is 1. The van der Waals surface area contributed by atoms with Gasteiger partial charge in [0.2, 0.25) is 5.91 Å². The molecule has 134 valence electrons. The van der Waals surface area contributed by atoms with E-state index in [0.29, 0.717) is 11.6 Å². The predicted molar refractivity (Wildman–Crippen MR) is 110 cm³/mol. The topological polar surface area (TPSA) is 74.0 Å². The van der Waals surface area contributed by atoms with Gasteiger partial charge in [-0.2, -0.15) is 5.10 Å². The summed E-state index contributed by atoms with van der Waals surface area (Å²) < 4.78 is 0. The van der Waals surface area contributed by atoms with Gasteiger partial charge < -0.3 is 10.4 Å². The van der Waals surface area contributed by atoms with Crippen LogP contribution < -0.4 is 5.32 Å². The maximum atomic E-state index is 12.3. The summed E-state index contributed by atoms with van der Waals surface area (Å²) in [6.07, 6.45) is 2.22. The number of nitrogens with one attached hydrogen (secondary N) is 1. The van der Waals surface area contributed by atoms with E-state index < -0.39 is 0 Å². The van der Waals surface area contributed by atoms with Crippen LogP contribution in [0.15, 0.2) is 76.9 Å². The minimum Gasteiger partial charge on any atom is -0.508 e. The summed E-state index contributed by atoms with van der Waals surface area (Å²) in [7, 11) is 0. The van der Waals surface area contributed by atoms with Crippen molar-refractivity contribution in [3.8, 4) is 5.75 Å². The van der Waals surface area contributed by atoms with Crippen LogP contribution in [0.3, 0.4) is 0 Å². The number of phenols is 1. The van der Waals surface area contributed by atoms with E-state index >= 15 is 0 Å². The number of rotatable bonds is 4. The number of fused-ring (bicyclic) bond motifs is 1. The van der Waals surface area contributed by atoms with Gasteiger partial charge in [0.05, 0.1) is 11.5 Å². The zero-order valence-electron chi connectivity index (χ0n) is 14.4. The number of thioether (sulfide) groups is 1. The third kappa shape index (κ3) is 4.01. The lowest BCUT2D eigenvalue weighted by atomic mass is 10.0. The maximum Gasteiger partial charge on any atom is 0.239 e. The number of phenolic OH excluding ortho intramolecular Hbond substituents is 1. The molecule has 3 aromatic rings. The van der Waals surface area contributed by atoms with Gasteiger partial charge in [0.25, 0.3) is 0 Å². The molecule has 5 nitrogen and oxygen atoms in total. The highest BCUT2D eigenvalue weighted by molar-refractivity contribution is 8.15. The molecule has 0 unspecified atom stereocenters. The second kappa shape index (κ2) is 7.63. The first-order valence-corrected chi connectivity index (χ1v) is 9.41. The van der Waals surface area contributed by atoms with Gasteiger partial charge in [0.1, 0.15) is 5.75 Å². The van der Waals surface area contributed by atoms with Crippen molar-refractivity contribution >= 4 is 39.8 Å². The molecule has 0 saturated carbocycles. The minimum absolute atomic E-state index is 0.0495. The normalized spacial score (nSPS) is 18.4. The fourth-order valence-electron chi connectivity index (χ4n) is 2.97. The number of carbonyl (C=O) groups excluding carboxylic acids is 1. The molecule has 0 aromatic heterocycles. The molecule has 0 spiro atoms. The second-order valence-corrected chi connectivity index (χ2v) is 7.37. The lowest BCUT2D eigenvalue weighted by Crippen LogP contribution is -2.26. The quantitative estimate of drug-likeness (QED) is 0.539. The van der Waals surface area contributed by atoms with E-state index in [1.54, 1.807) is 30.5 Å². The molecule has 1 heterocycles. The average Bonchev–Trinajstić information content (AvgIpc) is 3.03. The molecule has 0 bridgehead atoms. The Morgan fingerprint density at radius 3 is 2.67 bits per heavy atom. The van der Waals surface area contributed by atoms with E-state index in [1.165, 1.54) is 22.5 Å². The van der Waals surface area contributed by atoms with Crippen LogP contribution >= 0.6 is 11.8 Å². The Morgan fingerprint density at radius 1 is 1.04 bits per heavy atom. The molecule has 2 N–H and O–H groups in total. The standard InChI is InChI=1S/C21H17N3O2S/c25-17-10-8-14(9-11-17)13-22-24-21-23-20(26)19(27-21)12-16-6-3-5-15-4-1-2-7-18(15)16/h1-11,13,19,25H,12H2,(H,23,24,26)/b22-13+/t19-/m1/s1. The molecule has 1 aliphatic heterocycles. The van der Waals surface area contributed by atoms with Crippen LogP contribution in [-0.4, -0.2) is 27.6 Å². The minimum atomic E-state index is -0.224. The molecular weight excluding hydrogens is 358 g/mol. The van der Waals surface area contributed by atoms with Gasteiger partial charge in [0, 0.05) is 0 Å². The van der Waals surface area contributed by atoms with Crippen LogP contribution in [0.2, 0.25) is 0 Å². The van der Waals surface area contributed by atoms with Crippen molar-refractivity contribution in [2.75, 3.05) is 0 Å². The number of hydrogen-bond acceptors (Lipinski definition) is 5. The zero-order valence-corrected chi connectivity index (χ0v) is 15.2. The Labute approximate surface area is 160 Å². The number of amidine groups is 1. The fraction of sp³-hybridized carbons (Fsp3) is 0.0952. The fourth-order valence-corrected chi connectivity index (χ4v) is 3.92. The van der Waals surface area contributed by atoms with Gasteiger partial charge in [-0.15, -0.1) is 5.10 Å². The molecule has 3 aromatic carbocycles. The van der Waals surface area contributed by atoms with Crippen molar-refractivity contribution in [2.45, 2.75) is 11.7 Å². The number of nitrogens with zero attached hydrogens (tertiary/aromatic N) is 2. The Hall–Kier alpha value is -3.12. The molecule has 27 heavy (non-hydrogen) atoms. The van der Waals surface area contributed by atoms with Crippen LogP contribution in [0.1, 0.15) is 11.1 Å². The number of amides is 1. The van der Waals surface area contributed by atoms with E-state index in [0.717, 1.165) is 11.1 Å². The molecule has 1 amide bonds. The number of aromatic hydroxyl groups is 1. The van der Waals surface area contributed by atoms with Crippen LogP contribution in [-0.2, 0) is 11.2 Å². The molecule has 0 aliphatic carbocycles. The van der Waals surface area contributed by atoms with Gasteiger partial charge in [-0.25, -0.2) is 0 Å². The maximum absolute atomic E-state index is 12.3. The highest BCUT2D eigenvalue weighted by Crippen LogP contribution is 2.27. The van der Waals surface area contributed by atoms with Crippen molar-refractivity contribution in [3.63, 3.8) is 0 Å². The smallest absolute Gasteiger partial charge is 0.239 e. The first kappa shape index (κ1) is 17.3. The van der Waals surface area contributed by atoms with Crippen molar-refractivity contribution < 1.29 is 9.90 Å². The lowest BCUT2D eigenvalue weighted by Gasteiger charge is -2.09. The van der Waals surface area contributed by atoms with Crippen molar-refractivity contribution in [1.29, 1.82) is 0 Å². The van der Waals surface area contributed by atoms with Crippen LogP contribution in [0, 0.1) is 0 Å². The van der Waals surface area contributed by atoms with Gasteiger partial charge >= 0.3 is 0 Å². The summed E-state index contributed by atoms with van der Waals surface area (Å²) in [5.74, 6) is 0.153. The number of benzene rings is 3. The highest BCUT2D eigenvalue weighted by Gasteiger charge is 2.30. The van der Waals surface area contributed by atoms with E-state index in [1.807, 2.05) is 18.2 Å². The Kier molecular flexibility index (Phi) is 4.89. The highest BCUT2D eigenvalue weighted by atomic mass is 32.2. The Morgan fingerprint density at radius 2 is 1.81 bits per heavy atom. The number of hydrogen-bond donors (Lipinski definition) is 2. The predicted octanol–water partition coefficient (Wildman–Crippen LogP) is 3.71. The average molecular weight is 375 g/mol. The molecular formula is C21H17N3O2S. The molecule has 1 fully saturated rings. The molecule has 4 rings (SSSR count). The third-order valence-electron chi connectivity index (χ3n) is 4.31. The first-order valence-electron chi connectivity index (χ1n) is 8.53. The van der Waals surface area contributed by atoms with Crippen molar-refractivity contribution in [2.24, 2.45) is 10.2 Å². The van der Waals surface area contributed by atoms with Crippen LogP contribution in [0.25, 0.3) is 10.8 Å². The van der Waals surface area contributed by atoms with E-state index in [2.05, 4.69) is 39.8 Å². The molecule has 0 radical (unpaired) electrons. The molecule has 1 atom stereocenters. The summed E-state index contributed by atoms with van der Waals surface area (Å²) in [6.45, 7) is 0. The largest absolute Gasteiger partial charge is 0.508 e. The van der Waals surface area contributed by atoms with E-state index in [4.69, 9.17) is 0 Å². The Balaban J connectivity index is 1.46. The SMILES string of the molecule is O=C1N/C(=N\N=C\c2ccc(O)cc2)S[C@@H]1Cc1cccc2ccccc12. The van der Waals surface area contributed by atoms with Crippen molar-refractivity contribution in [1.82, 2.24) is 5.32 Å². The monoisotopic (exact) mass is 375 g/mol. The summed E-state index contributed by atoms with van der Waals surface area (Å²) in [5, 5.41) is 22.8. The van der Waals surface area contributed by atoms with Crippen LogP contribution in [0.4, 0.5) is 0 Å². The van der Waals surface area contributed by atoms with Gasteiger partial charge in [-0.1, -0.05) is 54.2 Å². The van der Waals surface area contributed by atoms with Gasteiger partial charge in [-0.05, 0) is 52.6 Å². The van der Waals surface area contributed by atoms with E-state index in [9.17, 15) is 9.90 Å². The van der Waals surface area contributed by atoms with Crippen molar-refractivity contribution in [3.05, 3.63) is 77.9 Å². The second-order valence-electron chi connectivity index (χ2n) is 6.18. The third-order valence-corrected chi connectivity index (χ3v) is 5.38. The molecule has 6 heteroatoms. The summed E-state index contributed by atoms with van der Waals surface area (Å²) in [4.78, 5) is 12.3.